The molecule has 0 fully saturated rings. The lowest BCUT2D eigenvalue weighted by Crippen LogP contribution is -1.95. The molecule has 0 unspecified atom stereocenters. The third-order valence-electron chi connectivity index (χ3n) is 2.32. The maximum atomic E-state index is 11.1. The lowest BCUT2D eigenvalue weighted by Gasteiger charge is -2.05. The summed E-state index contributed by atoms with van der Waals surface area (Å²) >= 11 is 1.89. The average molecular weight is 234 g/mol. The molecule has 0 bridgehead atoms. The Morgan fingerprint density at radius 3 is 2.44 bits per heavy atom. The van der Waals surface area contributed by atoms with E-state index in [-0.39, 0.29) is 5.78 Å². The first kappa shape index (κ1) is 13.0. The molecule has 0 saturated heterocycles. The molecular formula is C14H18OS. The molecule has 1 aromatic rings. The minimum atomic E-state index is 0.118. The van der Waals surface area contributed by atoms with Gasteiger partial charge in [-0.1, -0.05) is 43.3 Å². The molecule has 0 radical (unpaired) electrons. The number of carbonyl (C=O) groups excluding carboxylic acids is 1. The molecule has 0 saturated carbocycles. The van der Waals surface area contributed by atoms with Crippen LogP contribution in [-0.2, 0) is 6.42 Å². The van der Waals surface area contributed by atoms with Gasteiger partial charge in [-0.2, -0.15) is 11.8 Å². The third-order valence-corrected chi connectivity index (χ3v) is 3.35. The minimum absolute atomic E-state index is 0.118. The Balaban J connectivity index is 2.55. The fourth-order valence-corrected chi connectivity index (χ4v) is 2.04. The van der Waals surface area contributed by atoms with Gasteiger partial charge in [0.05, 0.1) is 0 Å². The maximum absolute atomic E-state index is 11.1. The summed E-state index contributed by atoms with van der Waals surface area (Å²) in [6.07, 6.45) is 0.908. The number of rotatable bonds is 6. The summed E-state index contributed by atoms with van der Waals surface area (Å²) in [5, 5.41) is 0. The van der Waals surface area contributed by atoms with Crippen molar-refractivity contribution in [2.24, 2.45) is 0 Å². The van der Waals surface area contributed by atoms with Crippen LogP contribution in [0.2, 0.25) is 0 Å². The van der Waals surface area contributed by atoms with Gasteiger partial charge in [0.15, 0.2) is 5.78 Å². The molecule has 1 rings (SSSR count). The van der Waals surface area contributed by atoms with E-state index in [9.17, 15) is 4.79 Å². The van der Waals surface area contributed by atoms with Gasteiger partial charge in [-0.25, -0.2) is 0 Å². The van der Waals surface area contributed by atoms with Gasteiger partial charge < -0.3 is 0 Å². The summed E-state index contributed by atoms with van der Waals surface area (Å²) in [4.78, 5) is 11.1. The molecule has 0 spiro atoms. The quantitative estimate of drug-likeness (QED) is 0.551. The molecule has 16 heavy (non-hydrogen) atoms. The second-order valence-electron chi connectivity index (χ2n) is 3.82. The van der Waals surface area contributed by atoms with Gasteiger partial charge >= 0.3 is 0 Å². The highest BCUT2D eigenvalue weighted by atomic mass is 32.2. The van der Waals surface area contributed by atoms with Crippen LogP contribution in [0, 0.1) is 0 Å². The largest absolute Gasteiger partial charge is 0.295 e. The van der Waals surface area contributed by atoms with Gasteiger partial charge in [0.1, 0.15) is 0 Å². The first-order valence-corrected chi connectivity index (χ1v) is 6.63. The summed E-state index contributed by atoms with van der Waals surface area (Å²) in [6.45, 7) is 7.80. The van der Waals surface area contributed by atoms with Crippen molar-refractivity contribution in [1.82, 2.24) is 0 Å². The Labute approximate surface area is 102 Å². The maximum Gasteiger partial charge on any atom is 0.159 e. The zero-order chi connectivity index (χ0) is 12.0. The Bertz CT molecular complexity index is 365. The van der Waals surface area contributed by atoms with E-state index >= 15 is 0 Å². The fraction of sp³-hybridized carbons (Fsp3) is 0.357. The SMILES string of the molecule is C=C(CSCC)Cc1ccc(C(C)=O)cc1. The molecule has 0 amide bonds. The monoisotopic (exact) mass is 234 g/mol. The van der Waals surface area contributed by atoms with Crippen LogP contribution >= 0.6 is 11.8 Å². The highest BCUT2D eigenvalue weighted by Crippen LogP contribution is 2.13. The highest BCUT2D eigenvalue weighted by molar-refractivity contribution is 7.99. The zero-order valence-electron chi connectivity index (χ0n) is 9.95. The van der Waals surface area contributed by atoms with E-state index in [0.29, 0.717) is 0 Å². The Hall–Kier alpha value is -1.02. The predicted octanol–water partition coefficient (Wildman–Crippen LogP) is 3.74. The van der Waals surface area contributed by atoms with E-state index in [2.05, 4.69) is 13.5 Å². The van der Waals surface area contributed by atoms with Crippen molar-refractivity contribution in [2.75, 3.05) is 11.5 Å². The van der Waals surface area contributed by atoms with E-state index in [0.717, 1.165) is 23.5 Å². The normalized spacial score (nSPS) is 10.1. The number of benzene rings is 1. The molecule has 2 heteroatoms. The predicted molar refractivity (Wildman–Crippen MR) is 72.3 cm³/mol. The van der Waals surface area contributed by atoms with Crippen molar-refractivity contribution in [1.29, 1.82) is 0 Å². The molecule has 0 atom stereocenters. The molecule has 0 aromatic heterocycles. The molecule has 0 N–H and O–H groups in total. The fourth-order valence-electron chi connectivity index (χ4n) is 1.44. The number of ketones is 1. The standard InChI is InChI=1S/C14H18OS/c1-4-16-10-11(2)9-13-5-7-14(8-6-13)12(3)15/h5-8H,2,4,9-10H2,1,3H3. The van der Waals surface area contributed by atoms with Crippen LogP contribution in [0.25, 0.3) is 0 Å². The van der Waals surface area contributed by atoms with Crippen LogP contribution < -0.4 is 0 Å². The molecular weight excluding hydrogens is 216 g/mol. The van der Waals surface area contributed by atoms with Crippen molar-refractivity contribution in [3.05, 3.63) is 47.5 Å². The van der Waals surface area contributed by atoms with Crippen molar-refractivity contribution in [3.63, 3.8) is 0 Å². The van der Waals surface area contributed by atoms with Gasteiger partial charge in [-0.3, -0.25) is 4.79 Å². The Morgan fingerprint density at radius 2 is 1.94 bits per heavy atom. The zero-order valence-corrected chi connectivity index (χ0v) is 10.8. The van der Waals surface area contributed by atoms with E-state index in [4.69, 9.17) is 0 Å². The van der Waals surface area contributed by atoms with Crippen LogP contribution in [0.1, 0.15) is 29.8 Å². The molecule has 1 nitrogen and oxygen atoms in total. The summed E-state index contributed by atoms with van der Waals surface area (Å²) in [5.41, 5.74) is 3.24. The number of hydrogen-bond donors (Lipinski definition) is 0. The Kier molecular flexibility index (Phi) is 5.33. The smallest absolute Gasteiger partial charge is 0.159 e. The number of thioether (sulfide) groups is 1. The number of carbonyl (C=O) groups is 1. The summed E-state index contributed by atoms with van der Waals surface area (Å²) in [7, 11) is 0. The molecule has 1 aromatic carbocycles. The third kappa shape index (κ3) is 4.23. The van der Waals surface area contributed by atoms with Crippen molar-refractivity contribution in [3.8, 4) is 0 Å². The summed E-state index contributed by atoms with van der Waals surface area (Å²) in [5.74, 6) is 2.26. The lowest BCUT2D eigenvalue weighted by molar-refractivity contribution is 0.101. The number of Topliss-reactive ketones (excluding diaryl/α,β-unsaturated/α-hetero) is 1. The first-order valence-electron chi connectivity index (χ1n) is 5.47. The van der Waals surface area contributed by atoms with Gasteiger partial charge in [0.2, 0.25) is 0 Å². The minimum Gasteiger partial charge on any atom is -0.295 e. The molecule has 0 aliphatic carbocycles. The van der Waals surface area contributed by atoms with Crippen LogP contribution in [0.4, 0.5) is 0 Å². The Morgan fingerprint density at radius 1 is 1.31 bits per heavy atom. The van der Waals surface area contributed by atoms with Crippen LogP contribution in [0.5, 0.6) is 0 Å². The van der Waals surface area contributed by atoms with Crippen molar-refractivity contribution < 1.29 is 4.79 Å². The van der Waals surface area contributed by atoms with E-state index in [1.54, 1.807) is 6.92 Å². The van der Waals surface area contributed by atoms with E-state index < -0.39 is 0 Å². The number of hydrogen-bond acceptors (Lipinski definition) is 2. The first-order chi connectivity index (χ1) is 7.63. The van der Waals surface area contributed by atoms with Gasteiger partial charge in [0, 0.05) is 11.3 Å². The van der Waals surface area contributed by atoms with Crippen molar-refractivity contribution >= 4 is 17.5 Å². The topological polar surface area (TPSA) is 17.1 Å². The summed E-state index contributed by atoms with van der Waals surface area (Å²) < 4.78 is 0. The van der Waals surface area contributed by atoms with Gasteiger partial charge in [-0.15, -0.1) is 0 Å². The lowest BCUT2D eigenvalue weighted by atomic mass is 10.0. The molecule has 0 aliphatic heterocycles. The van der Waals surface area contributed by atoms with Crippen LogP contribution in [-0.4, -0.2) is 17.3 Å². The second-order valence-corrected chi connectivity index (χ2v) is 5.09. The van der Waals surface area contributed by atoms with Gasteiger partial charge in [-0.05, 0) is 24.7 Å². The van der Waals surface area contributed by atoms with E-state index in [1.807, 2.05) is 36.0 Å². The molecule has 86 valence electrons. The summed E-state index contributed by atoms with van der Waals surface area (Å²) in [6, 6.07) is 7.80. The molecule has 0 heterocycles. The van der Waals surface area contributed by atoms with Gasteiger partial charge in [0.25, 0.3) is 0 Å². The average Bonchev–Trinajstić information content (AvgIpc) is 2.27. The van der Waals surface area contributed by atoms with Crippen LogP contribution in [0.15, 0.2) is 36.4 Å². The second kappa shape index (κ2) is 6.54. The van der Waals surface area contributed by atoms with Crippen LogP contribution in [0.3, 0.4) is 0 Å². The highest BCUT2D eigenvalue weighted by Gasteiger charge is 2.00. The van der Waals surface area contributed by atoms with Crippen molar-refractivity contribution in [2.45, 2.75) is 20.3 Å². The molecule has 0 aliphatic rings. The van der Waals surface area contributed by atoms with E-state index in [1.165, 1.54) is 11.1 Å².